The summed E-state index contributed by atoms with van der Waals surface area (Å²) in [6.07, 6.45) is 0. The molecule has 1 N–H and O–H groups in total. The first-order valence-electron chi connectivity index (χ1n) is 10.0. The monoisotopic (exact) mass is 401 g/mol. The molecule has 0 spiro atoms. The van der Waals surface area contributed by atoms with Crippen molar-refractivity contribution in [2.75, 3.05) is 6.54 Å². The summed E-state index contributed by atoms with van der Waals surface area (Å²) < 4.78 is 1.66. The van der Waals surface area contributed by atoms with Crippen LogP contribution in [0.1, 0.15) is 38.9 Å². The molecule has 156 valence electrons. The molecule has 0 aliphatic carbocycles. The van der Waals surface area contributed by atoms with Crippen LogP contribution in [0.4, 0.5) is 0 Å². The van der Waals surface area contributed by atoms with Crippen molar-refractivity contribution in [3.8, 4) is 17.2 Å². The lowest BCUT2D eigenvalue weighted by atomic mass is 9.97. The lowest BCUT2D eigenvalue weighted by Crippen LogP contribution is -2.26. The Balaban J connectivity index is 0.00000156. The quantitative estimate of drug-likeness (QED) is 0.550. The Bertz CT molecular complexity index is 1220. The smallest absolute Gasteiger partial charge is 0.260 e. The molecule has 3 aromatic rings. The standard InChI is InChI=1S/C24H23N3O.C2H6.H2/c1-15(2)14-26-17(4)23-16(3)21-10-9-20(12-22(21)27(5)24(23)28)19-8-6-7-18(11-19)13-25;1-2;/h6-12,26H,1,4,14H2,2-3,5H3;1-2H3;1H. The first-order valence-corrected chi connectivity index (χ1v) is 10.0. The van der Waals surface area contributed by atoms with Gasteiger partial charge < -0.3 is 9.88 Å². The third-order valence-electron chi connectivity index (χ3n) is 4.89. The number of hydrogen-bond donors (Lipinski definition) is 1. The fourth-order valence-electron chi connectivity index (χ4n) is 3.35. The zero-order chi connectivity index (χ0) is 22.4. The van der Waals surface area contributed by atoms with Gasteiger partial charge in [0.2, 0.25) is 0 Å². The van der Waals surface area contributed by atoms with Gasteiger partial charge in [0.15, 0.2) is 0 Å². The van der Waals surface area contributed by atoms with E-state index >= 15 is 0 Å². The first-order chi connectivity index (χ1) is 14.3. The van der Waals surface area contributed by atoms with Crippen LogP contribution in [-0.4, -0.2) is 11.1 Å². The molecule has 1 aromatic heterocycles. The average Bonchev–Trinajstić information content (AvgIpc) is 2.77. The van der Waals surface area contributed by atoms with Gasteiger partial charge in [-0.05, 0) is 48.7 Å². The summed E-state index contributed by atoms with van der Waals surface area (Å²) in [4.78, 5) is 13.0. The summed E-state index contributed by atoms with van der Waals surface area (Å²) >= 11 is 0. The molecule has 30 heavy (non-hydrogen) atoms. The van der Waals surface area contributed by atoms with Gasteiger partial charge in [0, 0.05) is 26.1 Å². The van der Waals surface area contributed by atoms with Crippen LogP contribution in [0.5, 0.6) is 0 Å². The Morgan fingerprint density at radius 1 is 1.17 bits per heavy atom. The Morgan fingerprint density at radius 2 is 1.83 bits per heavy atom. The highest BCUT2D eigenvalue weighted by atomic mass is 16.1. The van der Waals surface area contributed by atoms with Crippen molar-refractivity contribution in [2.45, 2.75) is 27.7 Å². The van der Waals surface area contributed by atoms with Gasteiger partial charge in [0.05, 0.1) is 22.7 Å². The maximum Gasteiger partial charge on any atom is 0.260 e. The van der Waals surface area contributed by atoms with E-state index < -0.39 is 0 Å². The zero-order valence-electron chi connectivity index (χ0n) is 18.5. The van der Waals surface area contributed by atoms with Crippen molar-refractivity contribution in [1.82, 2.24) is 9.88 Å². The molecule has 0 fully saturated rings. The fourth-order valence-corrected chi connectivity index (χ4v) is 3.35. The van der Waals surface area contributed by atoms with E-state index in [2.05, 4.69) is 24.5 Å². The van der Waals surface area contributed by atoms with Crippen molar-refractivity contribution in [3.05, 3.63) is 88.2 Å². The van der Waals surface area contributed by atoms with Crippen molar-refractivity contribution >= 4 is 16.6 Å². The topological polar surface area (TPSA) is 57.8 Å². The molecule has 4 nitrogen and oxygen atoms in total. The molecule has 3 rings (SSSR count). The van der Waals surface area contributed by atoms with Crippen LogP contribution in [0.15, 0.2) is 66.0 Å². The minimum atomic E-state index is -0.0906. The summed E-state index contributed by atoms with van der Waals surface area (Å²) in [6.45, 7) is 16.4. The van der Waals surface area contributed by atoms with Crippen molar-refractivity contribution in [3.63, 3.8) is 0 Å². The second-order valence-electron chi connectivity index (χ2n) is 7.08. The number of aromatic nitrogens is 1. The normalized spacial score (nSPS) is 10.0. The van der Waals surface area contributed by atoms with Crippen molar-refractivity contribution in [1.29, 1.82) is 5.26 Å². The number of nitrogens with zero attached hydrogens (tertiary/aromatic N) is 2. The zero-order valence-corrected chi connectivity index (χ0v) is 18.5. The van der Waals surface area contributed by atoms with Gasteiger partial charge in [-0.2, -0.15) is 5.26 Å². The maximum atomic E-state index is 13.0. The molecule has 0 saturated heterocycles. The van der Waals surface area contributed by atoms with Gasteiger partial charge >= 0.3 is 0 Å². The van der Waals surface area contributed by atoms with Gasteiger partial charge in [-0.15, -0.1) is 0 Å². The fraction of sp³-hybridized carbons (Fsp3) is 0.231. The van der Waals surface area contributed by atoms with Gasteiger partial charge in [-0.25, -0.2) is 0 Å². The number of aryl methyl sites for hydroxylation is 2. The number of hydrogen-bond acceptors (Lipinski definition) is 3. The first kappa shape index (κ1) is 22.7. The van der Waals surface area contributed by atoms with E-state index in [1.165, 1.54) is 0 Å². The molecule has 1 heterocycles. The van der Waals surface area contributed by atoms with Crippen LogP contribution in [-0.2, 0) is 7.05 Å². The molecule has 0 amide bonds. The average molecular weight is 402 g/mol. The van der Waals surface area contributed by atoms with E-state index in [4.69, 9.17) is 5.26 Å². The van der Waals surface area contributed by atoms with E-state index in [0.717, 1.165) is 33.2 Å². The highest BCUT2D eigenvalue weighted by Crippen LogP contribution is 2.28. The predicted molar refractivity (Wildman–Crippen MR) is 129 cm³/mol. The number of rotatable bonds is 5. The summed E-state index contributed by atoms with van der Waals surface area (Å²) in [6, 6.07) is 15.7. The number of nitriles is 1. The van der Waals surface area contributed by atoms with Crippen LogP contribution in [0.3, 0.4) is 0 Å². The Kier molecular flexibility index (Phi) is 7.38. The van der Waals surface area contributed by atoms with Crippen LogP contribution in [0.25, 0.3) is 27.7 Å². The number of fused-ring (bicyclic) bond motifs is 1. The molecule has 0 aliphatic heterocycles. The van der Waals surface area contributed by atoms with Gasteiger partial charge in [0.1, 0.15) is 0 Å². The summed E-state index contributed by atoms with van der Waals surface area (Å²) in [5, 5.41) is 13.3. The largest absolute Gasteiger partial charge is 0.381 e. The molecule has 0 radical (unpaired) electrons. The summed E-state index contributed by atoms with van der Waals surface area (Å²) in [5.41, 5.74) is 6.34. The Hall–Kier alpha value is -3.58. The van der Waals surface area contributed by atoms with Crippen molar-refractivity contribution < 1.29 is 1.43 Å². The van der Waals surface area contributed by atoms with Crippen LogP contribution >= 0.6 is 0 Å². The minimum absolute atomic E-state index is 0. The lowest BCUT2D eigenvalue weighted by molar-refractivity contribution is 0.884. The van der Waals surface area contributed by atoms with E-state index in [1.54, 1.807) is 17.7 Å². The SMILES string of the molecule is C=C(C)CNC(=C)c1c(C)c2ccc(-c3cccc(C#N)c3)cc2n(C)c1=O.CC.[HH]. The third-order valence-corrected chi connectivity index (χ3v) is 4.89. The van der Waals surface area contributed by atoms with Gasteiger partial charge in [-0.1, -0.05) is 56.8 Å². The second kappa shape index (κ2) is 9.76. The second-order valence-corrected chi connectivity index (χ2v) is 7.08. The number of pyridine rings is 1. The molecular formula is C26H31N3O. The molecule has 4 heteroatoms. The van der Waals surface area contributed by atoms with E-state index in [9.17, 15) is 4.79 Å². The van der Waals surface area contributed by atoms with Gasteiger partial charge in [0.25, 0.3) is 5.56 Å². The Labute approximate surface area is 180 Å². The molecular weight excluding hydrogens is 370 g/mol. The van der Waals surface area contributed by atoms with E-state index in [1.807, 2.05) is 64.1 Å². The number of nitrogens with one attached hydrogen (secondary N) is 1. The van der Waals surface area contributed by atoms with E-state index in [0.29, 0.717) is 23.4 Å². The molecule has 2 aromatic carbocycles. The maximum absolute atomic E-state index is 13.0. The van der Waals surface area contributed by atoms with Crippen LogP contribution in [0.2, 0.25) is 0 Å². The van der Waals surface area contributed by atoms with E-state index in [-0.39, 0.29) is 6.99 Å². The summed E-state index contributed by atoms with van der Waals surface area (Å²) in [7, 11) is 1.77. The molecule has 0 aliphatic rings. The van der Waals surface area contributed by atoms with Crippen LogP contribution < -0.4 is 10.9 Å². The molecule has 0 unspecified atom stereocenters. The number of benzene rings is 2. The molecule has 0 bridgehead atoms. The van der Waals surface area contributed by atoms with Gasteiger partial charge in [-0.3, -0.25) is 4.79 Å². The lowest BCUT2D eigenvalue weighted by Gasteiger charge is -2.17. The summed E-state index contributed by atoms with van der Waals surface area (Å²) in [5.74, 6) is 0. The Morgan fingerprint density at radius 3 is 2.47 bits per heavy atom. The predicted octanol–water partition coefficient (Wildman–Crippen LogP) is 5.79. The third kappa shape index (κ3) is 4.52. The van der Waals surface area contributed by atoms with Crippen molar-refractivity contribution in [2.24, 2.45) is 7.05 Å². The minimum Gasteiger partial charge on any atom is -0.381 e. The van der Waals surface area contributed by atoms with Crippen LogP contribution in [0, 0.1) is 18.3 Å². The highest BCUT2D eigenvalue weighted by Gasteiger charge is 2.15. The molecule has 0 saturated carbocycles. The highest BCUT2D eigenvalue weighted by molar-refractivity contribution is 5.90. The molecule has 0 atom stereocenters.